The summed E-state index contributed by atoms with van der Waals surface area (Å²) in [6.07, 6.45) is 0.269. The molecule has 5 nitrogen and oxygen atoms in total. The monoisotopic (exact) mass is 512 g/mol. The third-order valence-corrected chi connectivity index (χ3v) is 6.61. The molecule has 176 valence electrons. The van der Waals surface area contributed by atoms with Crippen molar-refractivity contribution in [2.75, 3.05) is 36.4 Å². The molecule has 1 fully saturated rings. The molecule has 0 spiro atoms. The van der Waals surface area contributed by atoms with Crippen molar-refractivity contribution in [3.63, 3.8) is 0 Å². The third-order valence-electron chi connectivity index (χ3n) is 5.73. The number of amides is 1. The highest BCUT2D eigenvalue weighted by atomic mass is 35.5. The van der Waals surface area contributed by atoms with E-state index in [1.165, 1.54) is 0 Å². The lowest BCUT2D eigenvalue weighted by molar-refractivity contribution is -0.119. The van der Waals surface area contributed by atoms with E-state index >= 15 is 0 Å². The van der Waals surface area contributed by atoms with Gasteiger partial charge in [-0.3, -0.25) is 9.69 Å². The van der Waals surface area contributed by atoms with Crippen LogP contribution in [0.3, 0.4) is 0 Å². The van der Waals surface area contributed by atoms with E-state index in [-0.39, 0.29) is 17.4 Å². The number of nitrogens with one attached hydrogen (secondary N) is 2. The van der Waals surface area contributed by atoms with Crippen LogP contribution in [-0.2, 0) is 17.8 Å². The van der Waals surface area contributed by atoms with Crippen LogP contribution in [0.25, 0.3) is 0 Å². The van der Waals surface area contributed by atoms with Crippen molar-refractivity contribution < 1.29 is 4.79 Å². The lowest BCUT2D eigenvalue weighted by Crippen LogP contribution is -2.46. The second kappa shape index (κ2) is 11.7. The topological polar surface area (TPSA) is 47.6 Å². The number of hydrogen-bond acceptors (Lipinski definition) is 4. The van der Waals surface area contributed by atoms with E-state index in [2.05, 4.69) is 26.5 Å². The zero-order valence-corrected chi connectivity index (χ0v) is 21.0. The van der Waals surface area contributed by atoms with Crippen molar-refractivity contribution in [3.8, 4) is 0 Å². The smallest absolute Gasteiger partial charge is 0.230 e. The maximum Gasteiger partial charge on any atom is 0.230 e. The van der Waals surface area contributed by atoms with Crippen LogP contribution >= 0.6 is 35.4 Å². The molecular formula is C26H26Cl2N4OS. The Balaban J connectivity index is 1.28. The summed E-state index contributed by atoms with van der Waals surface area (Å²) in [4.78, 5) is 16.9. The largest absolute Gasteiger partial charge is 0.368 e. The summed E-state index contributed by atoms with van der Waals surface area (Å²) in [5, 5.41) is 7.46. The first-order chi connectivity index (χ1) is 16.5. The van der Waals surface area contributed by atoms with Gasteiger partial charge in [-0.15, -0.1) is 0 Å². The number of halogens is 2. The standard InChI is InChI=1S/C26H26Cl2N4OS/c27-22-9-5-4-8-20(22)18-31-12-14-32(15-13-31)24-11-10-21(17-23(24)28)29-26(34)30-25(33)16-19-6-2-1-3-7-19/h1-11,17H,12-16,18H2,(H2,29,30,33,34). The van der Waals surface area contributed by atoms with Crippen LogP contribution in [0.1, 0.15) is 11.1 Å². The molecule has 3 aromatic rings. The van der Waals surface area contributed by atoms with Gasteiger partial charge in [0.05, 0.1) is 17.1 Å². The van der Waals surface area contributed by atoms with Crippen LogP contribution in [0.5, 0.6) is 0 Å². The van der Waals surface area contributed by atoms with Crippen molar-refractivity contribution in [1.29, 1.82) is 0 Å². The second-order valence-electron chi connectivity index (χ2n) is 8.19. The number of hydrogen-bond donors (Lipinski definition) is 2. The fourth-order valence-electron chi connectivity index (χ4n) is 3.97. The number of carbonyl (C=O) groups excluding carboxylic acids is 1. The van der Waals surface area contributed by atoms with Gasteiger partial charge < -0.3 is 15.5 Å². The Hall–Kier alpha value is -2.64. The minimum absolute atomic E-state index is 0.166. The van der Waals surface area contributed by atoms with Gasteiger partial charge in [0.2, 0.25) is 5.91 Å². The van der Waals surface area contributed by atoms with Gasteiger partial charge >= 0.3 is 0 Å². The molecule has 1 aliphatic heterocycles. The molecule has 3 aromatic carbocycles. The van der Waals surface area contributed by atoms with E-state index in [1.807, 2.05) is 66.7 Å². The molecule has 34 heavy (non-hydrogen) atoms. The maximum absolute atomic E-state index is 12.2. The van der Waals surface area contributed by atoms with E-state index in [0.717, 1.165) is 60.2 Å². The number of piperazine rings is 1. The van der Waals surface area contributed by atoms with Crippen LogP contribution in [-0.4, -0.2) is 42.1 Å². The molecule has 8 heteroatoms. The summed E-state index contributed by atoms with van der Waals surface area (Å²) in [5.41, 5.74) is 3.81. The SMILES string of the molecule is O=C(Cc1ccccc1)NC(=S)Nc1ccc(N2CCN(Cc3ccccc3Cl)CC2)c(Cl)c1. The Morgan fingerprint density at radius 3 is 2.29 bits per heavy atom. The van der Waals surface area contributed by atoms with Gasteiger partial charge in [0.15, 0.2) is 5.11 Å². The summed E-state index contributed by atoms with van der Waals surface area (Å²) >= 11 is 18.2. The van der Waals surface area contributed by atoms with Crippen molar-refractivity contribution in [2.24, 2.45) is 0 Å². The molecule has 2 N–H and O–H groups in total. The summed E-state index contributed by atoms with van der Waals surface area (Å²) in [6, 6.07) is 23.3. The fourth-order valence-corrected chi connectivity index (χ4v) is 4.70. The molecule has 0 bridgehead atoms. The zero-order chi connectivity index (χ0) is 23.9. The van der Waals surface area contributed by atoms with Crippen molar-refractivity contribution in [3.05, 3.63) is 94.0 Å². The van der Waals surface area contributed by atoms with Gasteiger partial charge in [0.25, 0.3) is 0 Å². The molecule has 1 saturated heterocycles. The second-order valence-corrected chi connectivity index (χ2v) is 9.41. The maximum atomic E-state index is 12.2. The molecule has 4 rings (SSSR count). The van der Waals surface area contributed by atoms with E-state index in [0.29, 0.717) is 5.02 Å². The Morgan fingerprint density at radius 1 is 0.882 bits per heavy atom. The van der Waals surface area contributed by atoms with Gasteiger partial charge in [-0.2, -0.15) is 0 Å². The number of carbonyl (C=O) groups is 1. The zero-order valence-electron chi connectivity index (χ0n) is 18.6. The summed E-state index contributed by atoms with van der Waals surface area (Å²) < 4.78 is 0. The summed E-state index contributed by atoms with van der Waals surface area (Å²) in [6.45, 7) is 4.46. The number of thiocarbonyl (C=S) groups is 1. The summed E-state index contributed by atoms with van der Waals surface area (Å²) in [5.74, 6) is -0.166. The van der Waals surface area contributed by atoms with E-state index in [1.54, 1.807) is 0 Å². The highest BCUT2D eigenvalue weighted by Crippen LogP contribution is 2.30. The summed E-state index contributed by atoms with van der Waals surface area (Å²) in [7, 11) is 0. The minimum Gasteiger partial charge on any atom is -0.368 e. The van der Waals surface area contributed by atoms with Crippen LogP contribution in [0.15, 0.2) is 72.8 Å². The molecule has 0 atom stereocenters. The van der Waals surface area contributed by atoms with Gasteiger partial charge in [0, 0.05) is 43.4 Å². The minimum atomic E-state index is -0.166. The molecule has 0 aliphatic carbocycles. The Bertz CT molecular complexity index is 1150. The van der Waals surface area contributed by atoms with Gasteiger partial charge in [0.1, 0.15) is 0 Å². The highest BCUT2D eigenvalue weighted by molar-refractivity contribution is 7.80. The Kier molecular flexibility index (Phi) is 8.40. The fraction of sp³-hybridized carbons (Fsp3) is 0.231. The predicted molar refractivity (Wildman–Crippen MR) is 145 cm³/mol. The average Bonchev–Trinajstić information content (AvgIpc) is 2.82. The first-order valence-corrected chi connectivity index (χ1v) is 12.3. The van der Waals surface area contributed by atoms with Crippen molar-refractivity contribution in [2.45, 2.75) is 13.0 Å². The van der Waals surface area contributed by atoms with Crippen LogP contribution < -0.4 is 15.5 Å². The van der Waals surface area contributed by atoms with Gasteiger partial charge in [-0.05, 0) is 47.6 Å². The predicted octanol–water partition coefficient (Wildman–Crippen LogP) is 5.37. The lowest BCUT2D eigenvalue weighted by atomic mass is 10.1. The molecule has 0 aromatic heterocycles. The molecule has 1 aliphatic rings. The van der Waals surface area contributed by atoms with E-state index in [4.69, 9.17) is 35.4 Å². The van der Waals surface area contributed by atoms with Gasteiger partial charge in [-0.1, -0.05) is 71.7 Å². The number of benzene rings is 3. The third kappa shape index (κ3) is 6.70. The Labute approximate surface area is 215 Å². The first kappa shape index (κ1) is 24.5. The lowest BCUT2D eigenvalue weighted by Gasteiger charge is -2.36. The van der Waals surface area contributed by atoms with E-state index in [9.17, 15) is 4.79 Å². The number of nitrogens with zero attached hydrogens (tertiary/aromatic N) is 2. The molecule has 1 amide bonds. The molecule has 0 unspecified atom stereocenters. The quantitative estimate of drug-likeness (QED) is 0.434. The van der Waals surface area contributed by atoms with Crippen molar-refractivity contribution >= 4 is 57.8 Å². The molecular weight excluding hydrogens is 487 g/mol. The number of anilines is 2. The average molecular weight is 513 g/mol. The first-order valence-electron chi connectivity index (χ1n) is 11.1. The Morgan fingerprint density at radius 2 is 1.59 bits per heavy atom. The number of rotatable bonds is 6. The van der Waals surface area contributed by atoms with Crippen molar-refractivity contribution in [1.82, 2.24) is 10.2 Å². The van der Waals surface area contributed by atoms with E-state index < -0.39 is 0 Å². The van der Waals surface area contributed by atoms with Gasteiger partial charge in [-0.25, -0.2) is 0 Å². The molecule has 0 radical (unpaired) electrons. The van der Waals surface area contributed by atoms with Crippen LogP contribution in [0, 0.1) is 0 Å². The highest BCUT2D eigenvalue weighted by Gasteiger charge is 2.20. The molecule has 0 saturated carbocycles. The molecule has 1 heterocycles. The van der Waals surface area contributed by atoms with Crippen LogP contribution in [0.2, 0.25) is 10.0 Å². The normalized spacial score (nSPS) is 14.0. The van der Waals surface area contributed by atoms with Crippen LogP contribution in [0.4, 0.5) is 11.4 Å².